The molecule has 2 rings (SSSR count). The molecule has 0 saturated heterocycles. The van der Waals surface area contributed by atoms with Crippen molar-refractivity contribution < 1.29 is 18.9 Å². The van der Waals surface area contributed by atoms with Gasteiger partial charge in [0.1, 0.15) is 5.75 Å². The second kappa shape index (κ2) is 7.40. The molecule has 0 bridgehead atoms. The van der Waals surface area contributed by atoms with Crippen LogP contribution in [0.3, 0.4) is 0 Å². The Labute approximate surface area is 124 Å². The van der Waals surface area contributed by atoms with Crippen LogP contribution in [0.5, 0.6) is 17.2 Å². The molecule has 0 aliphatic rings. The maximum Gasteiger partial charge on any atom is 0.188 e. The number of hydrogen-bond acceptors (Lipinski definition) is 5. The highest BCUT2D eigenvalue weighted by molar-refractivity contribution is 5.64. The van der Waals surface area contributed by atoms with E-state index in [-0.39, 0.29) is 6.79 Å². The first-order chi connectivity index (χ1) is 10.3. The van der Waals surface area contributed by atoms with Crippen LogP contribution in [0.25, 0.3) is 0 Å². The van der Waals surface area contributed by atoms with Crippen LogP contribution in [-0.2, 0) is 4.74 Å². The highest BCUT2D eigenvalue weighted by atomic mass is 16.7. The van der Waals surface area contributed by atoms with E-state index in [2.05, 4.69) is 5.32 Å². The molecule has 21 heavy (non-hydrogen) atoms. The molecule has 0 spiro atoms. The van der Waals surface area contributed by atoms with Crippen LogP contribution in [0.1, 0.15) is 0 Å². The number of anilines is 2. The molecule has 0 aliphatic heterocycles. The van der Waals surface area contributed by atoms with Crippen molar-refractivity contribution in [3.8, 4) is 17.2 Å². The molecule has 112 valence electrons. The van der Waals surface area contributed by atoms with E-state index >= 15 is 0 Å². The smallest absolute Gasteiger partial charge is 0.188 e. The van der Waals surface area contributed by atoms with Gasteiger partial charge in [-0.3, -0.25) is 0 Å². The van der Waals surface area contributed by atoms with Crippen LogP contribution in [0, 0.1) is 0 Å². The molecule has 0 saturated carbocycles. The summed E-state index contributed by atoms with van der Waals surface area (Å²) < 4.78 is 20.8. The Morgan fingerprint density at radius 2 is 1.52 bits per heavy atom. The zero-order chi connectivity index (χ0) is 15.1. The van der Waals surface area contributed by atoms with Crippen molar-refractivity contribution in [1.82, 2.24) is 0 Å². The summed E-state index contributed by atoms with van der Waals surface area (Å²) in [6, 6.07) is 13.3. The Hall–Kier alpha value is -2.40. The minimum absolute atomic E-state index is 0.182. The maximum atomic E-state index is 5.42. The first-order valence-corrected chi connectivity index (χ1v) is 6.47. The Bertz CT molecular complexity index is 569. The van der Waals surface area contributed by atoms with Gasteiger partial charge in [0.2, 0.25) is 0 Å². The van der Waals surface area contributed by atoms with Gasteiger partial charge in [-0.25, -0.2) is 0 Å². The van der Waals surface area contributed by atoms with Gasteiger partial charge in [0.15, 0.2) is 18.3 Å². The fourth-order valence-corrected chi connectivity index (χ4v) is 1.83. The third-order valence-electron chi connectivity index (χ3n) is 2.87. The molecule has 0 amide bonds. The number of methoxy groups -OCH3 is 3. The van der Waals surface area contributed by atoms with Gasteiger partial charge in [-0.2, -0.15) is 0 Å². The summed E-state index contributed by atoms with van der Waals surface area (Å²) in [6.07, 6.45) is 0. The van der Waals surface area contributed by atoms with Gasteiger partial charge in [-0.05, 0) is 36.4 Å². The second-order valence-electron chi connectivity index (χ2n) is 4.27. The lowest BCUT2D eigenvalue weighted by Crippen LogP contribution is -2.01. The van der Waals surface area contributed by atoms with E-state index < -0.39 is 0 Å². The number of rotatable bonds is 7. The normalized spacial score (nSPS) is 10.0. The third kappa shape index (κ3) is 4.03. The standard InChI is InChI=1S/C16H19NO4/c1-18-11-21-15-9-6-13(10-16(15)20-3)17-12-4-7-14(19-2)8-5-12/h4-10,17H,11H2,1-3H3. The largest absolute Gasteiger partial charge is 0.497 e. The van der Waals surface area contributed by atoms with Crippen molar-refractivity contribution in [1.29, 1.82) is 0 Å². The molecule has 0 aliphatic carbocycles. The molecular weight excluding hydrogens is 270 g/mol. The van der Waals surface area contributed by atoms with E-state index in [1.165, 1.54) is 0 Å². The topological polar surface area (TPSA) is 49.0 Å². The summed E-state index contributed by atoms with van der Waals surface area (Å²) in [4.78, 5) is 0. The first kappa shape index (κ1) is 15.0. The fourth-order valence-electron chi connectivity index (χ4n) is 1.83. The lowest BCUT2D eigenvalue weighted by Gasteiger charge is -2.13. The maximum absolute atomic E-state index is 5.42. The van der Waals surface area contributed by atoms with Gasteiger partial charge >= 0.3 is 0 Å². The Morgan fingerprint density at radius 1 is 0.810 bits per heavy atom. The molecule has 0 atom stereocenters. The number of nitrogens with one attached hydrogen (secondary N) is 1. The Morgan fingerprint density at radius 3 is 2.14 bits per heavy atom. The van der Waals surface area contributed by atoms with Crippen LogP contribution in [-0.4, -0.2) is 28.1 Å². The molecule has 0 radical (unpaired) electrons. The van der Waals surface area contributed by atoms with E-state index in [4.69, 9.17) is 18.9 Å². The summed E-state index contributed by atoms with van der Waals surface area (Å²) in [5, 5.41) is 3.29. The Kier molecular flexibility index (Phi) is 5.29. The molecule has 2 aromatic rings. The lowest BCUT2D eigenvalue weighted by molar-refractivity contribution is 0.0492. The average molecular weight is 289 g/mol. The van der Waals surface area contributed by atoms with Gasteiger partial charge in [0.25, 0.3) is 0 Å². The molecule has 0 unspecified atom stereocenters. The van der Waals surface area contributed by atoms with Crippen molar-refractivity contribution in [2.75, 3.05) is 33.4 Å². The molecule has 1 N–H and O–H groups in total. The van der Waals surface area contributed by atoms with Crippen LogP contribution in [0.4, 0.5) is 11.4 Å². The van der Waals surface area contributed by atoms with Crippen LogP contribution in [0.15, 0.2) is 42.5 Å². The van der Waals surface area contributed by atoms with E-state index in [0.29, 0.717) is 11.5 Å². The van der Waals surface area contributed by atoms with E-state index in [1.807, 2.05) is 42.5 Å². The fraction of sp³-hybridized carbons (Fsp3) is 0.250. The molecule has 2 aromatic carbocycles. The molecule has 0 heterocycles. The number of ether oxygens (including phenoxy) is 4. The SMILES string of the molecule is COCOc1ccc(Nc2ccc(OC)cc2)cc1OC. The van der Waals surface area contributed by atoms with Crippen LogP contribution >= 0.6 is 0 Å². The predicted octanol–water partition coefficient (Wildman–Crippen LogP) is 3.43. The monoisotopic (exact) mass is 289 g/mol. The molecule has 5 nitrogen and oxygen atoms in total. The molecular formula is C16H19NO4. The molecule has 0 fully saturated rings. The van der Waals surface area contributed by atoms with Gasteiger partial charge in [0, 0.05) is 24.6 Å². The van der Waals surface area contributed by atoms with Crippen LogP contribution in [0.2, 0.25) is 0 Å². The second-order valence-corrected chi connectivity index (χ2v) is 4.27. The predicted molar refractivity (Wildman–Crippen MR) is 81.8 cm³/mol. The minimum Gasteiger partial charge on any atom is -0.497 e. The molecule has 0 aromatic heterocycles. The van der Waals surface area contributed by atoms with Crippen molar-refractivity contribution in [3.05, 3.63) is 42.5 Å². The van der Waals surface area contributed by atoms with Gasteiger partial charge in [0.05, 0.1) is 14.2 Å². The van der Waals surface area contributed by atoms with Gasteiger partial charge in [-0.15, -0.1) is 0 Å². The third-order valence-corrected chi connectivity index (χ3v) is 2.87. The summed E-state index contributed by atoms with van der Waals surface area (Å²) in [7, 11) is 4.82. The van der Waals surface area contributed by atoms with Crippen molar-refractivity contribution >= 4 is 11.4 Å². The van der Waals surface area contributed by atoms with Gasteiger partial charge < -0.3 is 24.3 Å². The van der Waals surface area contributed by atoms with E-state index in [9.17, 15) is 0 Å². The average Bonchev–Trinajstić information content (AvgIpc) is 2.54. The van der Waals surface area contributed by atoms with Gasteiger partial charge in [-0.1, -0.05) is 0 Å². The minimum atomic E-state index is 0.182. The summed E-state index contributed by atoms with van der Waals surface area (Å²) in [5.74, 6) is 2.10. The number of hydrogen-bond donors (Lipinski definition) is 1. The molecule has 5 heteroatoms. The summed E-state index contributed by atoms with van der Waals surface area (Å²) in [6.45, 7) is 0.182. The summed E-state index contributed by atoms with van der Waals surface area (Å²) in [5.41, 5.74) is 1.87. The summed E-state index contributed by atoms with van der Waals surface area (Å²) >= 11 is 0. The first-order valence-electron chi connectivity index (χ1n) is 6.47. The highest BCUT2D eigenvalue weighted by Gasteiger charge is 2.06. The van der Waals surface area contributed by atoms with Crippen LogP contribution < -0.4 is 19.5 Å². The Balaban J connectivity index is 2.12. The zero-order valence-corrected chi connectivity index (χ0v) is 12.4. The quantitative estimate of drug-likeness (QED) is 0.791. The van der Waals surface area contributed by atoms with Crippen molar-refractivity contribution in [2.24, 2.45) is 0 Å². The highest BCUT2D eigenvalue weighted by Crippen LogP contribution is 2.31. The van der Waals surface area contributed by atoms with Crippen molar-refractivity contribution in [2.45, 2.75) is 0 Å². The van der Waals surface area contributed by atoms with E-state index in [1.54, 1.807) is 21.3 Å². The van der Waals surface area contributed by atoms with Crippen molar-refractivity contribution in [3.63, 3.8) is 0 Å². The zero-order valence-electron chi connectivity index (χ0n) is 12.4. The van der Waals surface area contributed by atoms with E-state index in [0.717, 1.165) is 17.1 Å². The lowest BCUT2D eigenvalue weighted by atomic mass is 10.2. The number of benzene rings is 2.